The summed E-state index contributed by atoms with van der Waals surface area (Å²) in [7, 11) is -2.02. The highest BCUT2D eigenvalue weighted by Crippen LogP contribution is 2.32. The fraction of sp³-hybridized carbons (Fsp3) is 0.263. The number of aromatic nitrogens is 2. The maximum absolute atomic E-state index is 14.6. The monoisotopic (exact) mass is 406 g/mol. The second kappa shape index (κ2) is 7.23. The van der Waals surface area contributed by atoms with Gasteiger partial charge in [-0.3, -0.25) is 9.59 Å². The Morgan fingerprint density at radius 3 is 2.61 bits per heavy atom. The molecule has 1 atom stereocenters. The highest BCUT2D eigenvalue weighted by atomic mass is 32.2. The van der Waals surface area contributed by atoms with Crippen molar-refractivity contribution in [1.29, 1.82) is 0 Å². The van der Waals surface area contributed by atoms with Crippen LogP contribution in [-0.4, -0.2) is 29.8 Å². The van der Waals surface area contributed by atoms with Gasteiger partial charge in [-0.2, -0.15) is 0 Å². The van der Waals surface area contributed by atoms with Crippen LogP contribution in [0.3, 0.4) is 0 Å². The van der Waals surface area contributed by atoms with Gasteiger partial charge in [0.15, 0.2) is 16.1 Å². The summed E-state index contributed by atoms with van der Waals surface area (Å²) in [6.07, 6.45) is 2.28. The lowest BCUT2D eigenvalue weighted by Crippen LogP contribution is -2.21. The number of ether oxygens (including phenoxy) is 1. The van der Waals surface area contributed by atoms with Gasteiger partial charge in [-0.1, -0.05) is 6.92 Å². The van der Waals surface area contributed by atoms with Crippen molar-refractivity contribution in [3.05, 3.63) is 52.8 Å². The van der Waals surface area contributed by atoms with Crippen molar-refractivity contribution in [3.63, 3.8) is 0 Å². The number of halogens is 1. The van der Waals surface area contributed by atoms with Gasteiger partial charge < -0.3 is 13.9 Å². The minimum Gasteiger partial charge on any atom is -0.444 e. The summed E-state index contributed by atoms with van der Waals surface area (Å²) in [4.78, 5) is 23.3. The summed E-state index contributed by atoms with van der Waals surface area (Å²) in [6, 6.07) is 5.21. The van der Waals surface area contributed by atoms with Crippen molar-refractivity contribution in [2.24, 2.45) is 7.05 Å². The zero-order chi connectivity index (χ0) is 20.6. The number of sulfone groups is 1. The Morgan fingerprint density at radius 2 is 1.96 bits per heavy atom. The minimum atomic E-state index is -3.53. The Bertz CT molecular complexity index is 1230. The van der Waals surface area contributed by atoms with Crippen LogP contribution in [0.25, 0.3) is 22.0 Å². The highest BCUT2D eigenvalue weighted by molar-refractivity contribution is 7.91. The molecule has 0 amide bonds. The number of carbonyl (C=O) groups excluding carboxylic acids is 1. The molecule has 0 fully saturated rings. The van der Waals surface area contributed by atoms with Crippen LogP contribution < -0.4 is 5.56 Å². The second-order valence-electron chi connectivity index (χ2n) is 6.32. The van der Waals surface area contributed by atoms with E-state index in [0.717, 1.165) is 6.07 Å². The van der Waals surface area contributed by atoms with E-state index in [2.05, 4.69) is 0 Å². The van der Waals surface area contributed by atoms with Crippen molar-refractivity contribution in [2.45, 2.75) is 25.0 Å². The molecule has 0 aliphatic heterocycles. The number of carbonyl (C=O) groups is 1. The molecule has 3 rings (SSSR count). The lowest BCUT2D eigenvalue weighted by atomic mass is 10.0. The molecule has 0 saturated heterocycles. The number of rotatable bonds is 6. The van der Waals surface area contributed by atoms with Crippen molar-refractivity contribution in [3.8, 4) is 11.1 Å². The third kappa shape index (κ3) is 3.22. The molecular weight excluding hydrogens is 387 g/mol. The fourth-order valence-corrected chi connectivity index (χ4v) is 4.02. The molecule has 0 aliphatic carbocycles. The van der Waals surface area contributed by atoms with Crippen molar-refractivity contribution in [2.75, 3.05) is 5.75 Å². The van der Waals surface area contributed by atoms with Crippen LogP contribution in [0.2, 0.25) is 0 Å². The quantitative estimate of drug-likeness (QED) is 0.464. The summed E-state index contributed by atoms with van der Waals surface area (Å²) in [5.41, 5.74) is 0.289. The second-order valence-corrected chi connectivity index (χ2v) is 8.60. The molecule has 0 bridgehead atoms. The smallest absolute Gasteiger partial charge is 0.295 e. The maximum Gasteiger partial charge on any atom is 0.295 e. The molecule has 148 valence electrons. The predicted octanol–water partition coefficient (Wildman–Crippen LogP) is 2.63. The van der Waals surface area contributed by atoms with E-state index < -0.39 is 21.9 Å². The van der Waals surface area contributed by atoms with Gasteiger partial charge in [0.25, 0.3) is 12.0 Å². The molecule has 0 spiro atoms. The standard InChI is InChI=1S/C19H19FN2O5S/c1-4-28(25,26)13-5-6-17(20)15(9-13)16-10-21(3)19(24)18-14(16)7-8-22(18)12(2)27-11-23/h5-12H,4H2,1-3H3. The minimum absolute atomic E-state index is 0.00509. The number of pyridine rings is 1. The van der Waals surface area contributed by atoms with Crippen molar-refractivity contribution in [1.82, 2.24) is 9.13 Å². The Kier molecular flexibility index (Phi) is 5.12. The first-order valence-electron chi connectivity index (χ1n) is 8.53. The van der Waals surface area contributed by atoms with E-state index in [1.54, 1.807) is 19.2 Å². The van der Waals surface area contributed by atoms with Gasteiger partial charge in [-0.15, -0.1) is 0 Å². The van der Waals surface area contributed by atoms with Gasteiger partial charge in [-0.05, 0) is 31.2 Å². The molecule has 9 heteroatoms. The fourth-order valence-electron chi connectivity index (χ4n) is 3.11. The van der Waals surface area contributed by atoms with Crippen molar-refractivity contribution >= 4 is 27.2 Å². The average molecular weight is 406 g/mol. The maximum atomic E-state index is 14.6. The average Bonchev–Trinajstić information content (AvgIpc) is 3.11. The van der Waals surface area contributed by atoms with E-state index in [9.17, 15) is 22.4 Å². The first-order chi connectivity index (χ1) is 13.2. The Balaban J connectivity index is 2.34. The summed E-state index contributed by atoms with van der Waals surface area (Å²) in [5, 5.41) is 0.425. The third-order valence-corrected chi connectivity index (χ3v) is 6.39. The molecule has 1 aromatic carbocycles. The van der Waals surface area contributed by atoms with Gasteiger partial charge in [0.1, 0.15) is 11.3 Å². The van der Waals surface area contributed by atoms with Gasteiger partial charge in [0, 0.05) is 36.0 Å². The molecule has 2 heterocycles. The van der Waals surface area contributed by atoms with Crippen LogP contribution in [0.1, 0.15) is 20.1 Å². The number of fused-ring (bicyclic) bond motifs is 1. The van der Waals surface area contributed by atoms with Crippen LogP contribution in [0.5, 0.6) is 0 Å². The number of hydrogen-bond donors (Lipinski definition) is 0. The third-order valence-electron chi connectivity index (χ3n) is 4.66. The topological polar surface area (TPSA) is 87.4 Å². The summed E-state index contributed by atoms with van der Waals surface area (Å²) in [5.74, 6) is -0.725. The number of aryl methyl sites for hydroxylation is 1. The molecule has 28 heavy (non-hydrogen) atoms. The Labute approximate surface area is 160 Å². The normalized spacial score (nSPS) is 12.9. The summed E-state index contributed by atoms with van der Waals surface area (Å²) >= 11 is 0. The molecule has 0 radical (unpaired) electrons. The van der Waals surface area contributed by atoms with Gasteiger partial charge in [0.2, 0.25) is 0 Å². The van der Waals surface area contributed by atoms with Crippen LogP contribution in [0.4, 0.5) is 4.39 Å². The zero-order valence-electron chi connectivity index (χ0n) is 15.5. The Hall–Kier alpha value is -2.94. The van der Waals surface area contributed by atoms with E-state index in [-0.39, 0.29) is 33.8 Å². The van der Waals surface area contributed by atoms with Gasteiger partial charge >= 0.3 is 0 Å². The van der Waals surface area contributed by atoms with E-state index in [4.69, 9.17) is 4.74 Å². The van der Waals surface area contributed by atoms with Crippen LogP contribution in [0, 0.1) is 5.82 Å². The lowest BCUT2D eigenvalue weighted by Gasteiger charge is -2.14. The van der Waals surface area contributed by atoms with E-state index in [0.29, 0.717) is 10.9 Å². The molecule has 0 aliphatic rings. The van der Waals surface area contributed by atoms with E-state index in [1.165, 1.54) is 41.4 Å². The number of benzene rings is 1. The molecular formula is C19H19FN2O5S. The van der Waals surface area contributed by atoms with Crippen LogP contribution in [-0.2, 0) is 26.4 Å². The molecule has 2 aromatic heterocycles. The SMILES string of the molecule is CCS(=O)(=O)c1ccc(F)c(-c2cn(C)c(=O)c3c2ccn3C(C)OC=O)c1. The molecule has 3 aromatic rings. The molecule has 7 nitrogen and oxygen atoms in total. The predicted molar refractivity (Wildman–Crippen MR) is 102 cm³/mol. The number of hydrogen-bond acceptors (Lipinski definition) is 5. The van der Waals surface area contributed by atoms with Gasteiger partial charge in [0.05, 0.1) is 10.6 Å². The summed E-state index contributed by atoms with van der Waals surface area (Å²) in [6.45, 7) is 3.38. The lowest BCUT2D eigenvalue weighted by molar-refractivity contribution is -0.136. The molecule has 0 saturated carbocycles. The highest BCUT2D eigenvalue weighted by Gasteiger charge is 2.20. The van der Waals surface area contributed by atoms with Crippen LogP contribution >= 0.6 is 0 Å². The van der Waals surface area contributed by atoms with E-state index in [1.807, 2.05) is 0 Å². The number of nitrogens with zero attached hydrogens (tertiary/aromatic N) is 2. The molecule has 0 N–H and O–H groups in total. The largest absolute Gasteiger partial charge is 0.444 e. The first-order valence-corrected chi connectivity index (χ1v) is 10.2. The zero-order valence-corrected chi connectivity index (χ0v) is 16.4. The van der Waals surface area contributed by atoms with Gasteiger partial charge in [-0.25, -0.2) is 12.8 Å². The van der Waals surface area contributed by atoms with Crippen LogP contribution in [0.15, 0.2) is 46.3 Å². The first kappa shape index (κ1) is 19.8. The molecule has 1 unspecified atom stereocenters. The summed E-state index contributed by atoms with van der Waals surface area (Å²) < 4.78 is 46.7. The van der Waals surface area contributed by atoms with E-state index >= 15 is 0 Å². The van der Waals surface area contributed by atoms with Crippen molar-refractivity contribution < 1.29 is 22.3 Å². The Morgan fingerprint density at radius 1 is 1.25 bits per heavy atom.